The summed E-state index contributed by atoms with van der Waals surface area (Å²) in [5.41, 5.74) is 1.49. The second kappa shape index (κ2) is 11.2. The van der Waals surface area contributed by atoms with Crippen LogP contribution in [0.2, 0.25) is 0 Å². The molecule has 5 heteroatoms. The Hall–Kier alpha value is -0.820. The molecule has 0 spiro atoms. The summed E-state index contributed by atoms with van der Waals surface area (Å²) in [6.45, 7) is 11.1. The van der Waals surface area contributed by atoms with Crippen LogP contribution in [-0.4, -0.2) is 62.1 Å². The SMILES string of the molecule is CCNC(=NCC1CCCN(C)C1)N1CCC(c2ccccc2)C(C)C1.I. The monoisotopic (exact) mass is 484 g/mol. The Morgan fingerprint density at radius 3 is 2.59 bits per heavy atom. The van der Waals surface area contributed by atoms with E-state index < -0.39 is 0 Å². The molecule has 1 N–H and O–H groups in total. The minimum atomic E-state index is 0. The zero-order valence-electron chi connectivity index (χ0n) is 17.2. The van der Waals surface area contributed by atoms with E-state index in [1.165, 1.54) is 37.9 Å². The number of piperidine rings is 2. The van der Waals surface area contributed by atoms with Gasteiger partial charge < -0.3 is 15.1 Å². The van der Waals surface area contributed by atoms with Gasteiger partial charge in [0.15, 0.2) is 5.96 Å². The predicted octanol–water partition coefficient (Wildman–Crippen LogP) is 4.04. The highest BCUT2D eigenvalue weighted by atomic mass is 127. The van der Waals surface area contributed by atoms with Gasteiger partial charge in [0, 0.05) is 32.7 Å². The van der Waals surface area contributed by atoms with Crippen LogP contribution in [0.5, 0.6) is 0 Å². The van der Waals surface area contributed by atoms with Crippen LogP contribution in [0.1, 0.15) is 44.6 Å². The maximum atomic E-state index is 5.03. The number of benzene rings is 1. The van der Waals surface area contributed by atoms with Crippen LogP contribution in [0.4, 0.5) is 0 Å². The van der Waals surface area contributed by atoms with Crippen LogP contribution in [-0.2, 0) is 0 Å². The van der Waals surface area contributed by atoms with Crippen LogP contribution in [0.3, 0.4) is 0 Å². The molecule has 2 heterocycles. The predicted molar refractivity (Wildman–Crippen MR) is 126 cm³/mol. The fourth-order valence-electron chi connectivity index (χ4n) is 4.60. The molecule has 0 aromatic heterocycles. The third-order valence-corrected chi connectivity index (χ3v) is 5.99. The minimum Gasteiger partial charge on any atom is -0.357 e. The number of rotatable bonds is 4. The summed E-state index contributed by atoms with van der Waals surface area (Å²) in [6, 6.07) is 11.0. The normalized spacial score (nSPS) is 27.1. The van der Waals surface area contributed by atoms with E-state index in [4.69, 9.17) is 4.99 Å². The Kier molecular flexibility index (Phi) is 9.36. The lowest BCUT2D eigenvalue weighted by molar-refractivity contribution is 0.212. The average Bonchev–Trinajstić information content (AvgIpc) is 2.66. The van der Waals surface area contributed by atoms with Crippen molar-refractivity contribution in [3.05, 3.63) is 35.9 Å². The van der Waals surface area contributed by atoms with Crippen molar-refractivity contribution in [1.82, 2.24) is 15.1 Å². The number of halogens is 1. The third kappa shape index (κ3) is 6.34. The minimum absolute atomic E-state index is 0. The molecule has 0 bridgehead atoms. The van der Waals surface area contributed by atoms with E-state index in [2.05, 4.69) is 66.3 Å². The summed E-state index contributed by atoms with van der Waals surface area (Å²) in [5.74, 6) is 3.15. The third-order valence-electron chi connectivity index (χ3n) is 5.99. The summed E-state index contributed by atoms with van der Waals surface area (Å²) in [6.07, 6.45) is 3.84. The molecule has 0 radical (unpaired) electrons. The maximum Gasteiger partial charge on any atom is 0.193 e. The first-order chi connectivity index (χ1) is 12.7. The Labute approximate surface area is 182 Å². The molecule has 0 saturated carbocycles. The molecule has 2 saturated heterocycles. The number of nitrogens with one attached hydrogen (secondary N) is 1. The molecule has 1 aromatic carbocycles. The number of guanidine groups is 1. The Morgan fingerprint density at radius 2 is 1.93 bits per heavy atom. The molecule has 2 fully saturated rings. The smallest absolute Gasteiger partial charge is 0.193 e. The summed E-state index contributed by atoms with van der Waals surface area (Å²) < 4.78 is 0. The zero-order chi connectivity index (χ0) is 18.4. The number of hydrogen-bond acceptors (Lipinski definition) is 2. The quantitative estimate of drug-likeness (QED) is 0.398. The Morgan fingerprint density at radius 1 is 1.15 bits per heavy atom. The molecule has 152 valence electrons. The van der Waals surface area contributed by atoms with E-state index in [-0.39, 0.29) is 24.0 Å². The number of nitrogens with zero attached hydrogens (tertiary/aromatic N) is 3. The number of likely N-dealkylation sites (tertiary alicyclic amines) is 2. The molecule has 2 aliphatic heterocycles. The van der Waals surface area contributed by atoms with Crippen molar-refractivity contribution in [3.63, 3.8) is 0 Å². The molecule has 0 amide bonds. The van der Waals surface area contributed by atoms with Crippen LogP contribution in [0.15, 0.2) is 35.3 Å². The lowest BCUT2D eigenvalue weighted by Gasteiger charge is -2.39. The van der Waals surface area contributed by atoms with Gasteiger partial charge in [0.25, 0.3) is 0 Å². The molecule has 2 aliphatic rings. The van der Waals surface area contributed by atoms with Gasteiger partial charge in [-0.05, 0) is 63.1 Å². The van der Waals surface area contributed by atoms with Gasteiger partial charge in [0.1, 0.15) is 0 Å². The first-order valence-electron chi connectivity index (χ1n) is 10.4. The fourth-order valence-corrected chi connectivity index (χ4v) is 4.60. The highest BCUT2D eigenvalue weighted by molar-refractivity contribution is 14.0. The standard InChI is InChI=1S/C22H36N4.HI/c1-4-23-22(24-15-19-9-8-13-25(3)17-19)26-14-12-21(18(2)16-26)20-10-6-5-7-11-20;/h5-7,10-11,18-19,21H,4,8-9,12-17H2,1-3H3,(H,23,24);1H. The van der Waals surface area contributed by atoms with E-state index in [1.807, 2.05) is 0 Å². The van der Waals surface area contributed by atoms with Gasteiger partial charge in [-0.25, -0.2) is 0 Å². The van der Waals surface area contributed by atoms with Crippen molar-refractivity contribution >= 4 is 29.9 Å². The van der Waals surface area contributed by atoms with E-state index >= 15 is 0 Å². The van der Waals surface area contributed by atoms with Crippen LogP contribution in [0, 0.1) is 11.8 Å². The summed E-state index contributed by atoms with van der Waals surface area (Å²) in [7, 11) is 2.23. The second-order valence-electron chi connectivity index (χ2n) is 8.19. The molecular weight excluding hydrogens is 447 g/mol. The second-order valence-corrected chi connectivity index (χ2v) is 8.19. The number of hydrogen-bond donors (Lipinski definition) is 1. The van der Waals surface area contributed by atoms with E-state index in [0.717, 1.165) is 32.1 Å². The topological polar surface area (TPSA) is 30.9 Å². The molecule has 0 aliphatic carbocycles. The number of aliphatic imine (C=N–C) groups is 1. The highest BCUT2D eigenvalue weighted by Crippen LogP contribution is 2.32. The maximum absolute atomic E-state index is 5.03. The molecule has 4 nitrogen and oxygen atoms in total. The molecular formula is C22H37IN4. The van der Waals surface area contributed by atoms with E-state index in [0.29, 0.717) is 17.8 Å². The first kappa shape index (κ1) is 22.5. The summed E-state index contributed by atoms with van der Waals surface area (Å²) in [4.78, 5) is 9.97. The molecule has 3 atom stereocenters. The van der Waals surface area contributed by atoms with Crippen LogP contribution >= 0.6 is 24.0 Å². The summed E-state index contributed by atoms with van der Waals surface area (Å²) in [5, 5.41) is 3.54. The molecule has 3 unspecified atom stereocenters. The summed E-state index contributed by atoms with van der Waals surface area (Å²) >= 11 is 0. The van der Waals surface area contributed by atoms with Crippen molar-refractivity contribution < 1.29 is 0 Å². The van der Waals surface area contributed by atoms with Gasteiger partial charge in [0.05, 0.1) is 0 Å². The van der Waals surface area contributed by atoms with Gasteiger partial charge in [-0.1, -0.05) is 37.3 Å². The molecule has 27 heavy (non-hydrogen) atoms. The zero-order valence-corrected chi connectivity index (χ0v) is 19.6. The van der Waals surface area contributed by atoms with Gasteiger partial charge in [0.2, 0.25) is 0 Å². The van der Waals surface area contributed by atoms with Gasteiger partial charge >= 0.3 is 0 Å². The first-order valence-corrected chi connectivity index (χ1v) is 10.4. The Bertz CT molecular complexity index is 577. The highest BCUT2D eigenvalue weighted by Gasteiger charge is 2.29. The van der Waals surface area contributed by atoms with Gasteiger partial charge in [-0.2, -0.15) is 0 Å². The average molecular weight is 484 g/mol. The van der Waals surface area contributed by atoms with Gasteiger partial charge in [-0.3, -0.25) is 4.99 Å². The van der Waals surface area contributed by atoms with Crippen molar-refractivity contribution in [2.75, 3.05) is 46.3 Å². The fraction of sp³-hybridized carbons (Fsp3) is 0.682. The van der Waals surface area contributed by atoms with Crippen molar-refractivity contribution in [2.24, 2.45) is 16.8 Å². The van der Waals surface area contributed by atoms with E-state index in [9.17, 15) is 0 Å². The lowest BCUT2D eigenvalue weighted by atomic mass is 9.82. The molecule has 3 rings (SSSR count). The van der Waals surface area contributed by atoms with Crippen molar-refractivity contribution in [3.8, 4) is 0 Å². The lowest BCUT2D eigenvalue weighted by Crippen LogP contribution is -2.48. The van der Waals surface area contributed by atoms with Crippen molar-refractivity contribution in [1.29, 1.82) is 0 Å². The van der Waals surface area contributed by atoms with Gasteiger partial charge in [-0.15, -0.1) is 24.0 Å². The van der Waals surface area contributed by atoms with Crippen molar-refractivity contribution in [2.45, 2.75) is 39.0 Å². The molecule has 1 aromatic rings. The van der Waals surface area contributed by atoms with E-state index in [1.54, 1.807) is 0 Å². The van der Waals surface area contributed by atoms with Crippen LogP contribution < -0.4 is 5.32 Å². The van der Waals surface area contributed by atoms with Crippen LogP contribution in [0.25, 0.3) is 0 Å². The largest absolute Gasteiger partial charge is 0.357 e. The Balaban J connectivity index is 0.00000261.